The largest absolute Gasteiger partial charge is 0.368 e. The van der Waals surface area contributed by atoms with Crippen LogP contribution in [0.5, 0.6) is 0 Å². The summed E-state index contributed by atoms with van der Waals surface area (Å²) in [7, 11) is 0. The highest BCUT2D eigenvalue weighted by molar-refractivity contribution is 5.33. The molecule has 0 aromatic carbocycles. The van der Waals surface area contributed by atoms with E-state index in [1.165, 1.54) is 17.3 Å². The first-order valence-electron chi connectivity index (χ1n) is 3.63. The van der Waals surface area contributed by atoms with Crippen LogP contribution in [0.3, 0.4) is 0 Å². The zero-order valence-corrected chi connectivity index (χ0v) is 6.99. The van der Waals surface area contributed by atoms with Gasteiger partial charge in [-0.25, -0.2) is 10.8 Å². The molecule has 0 radical (unpaired) electrons. The summed E-state index contributed by atoms with van der Waals surface area (Å²) in [6.07, 6.45) is 2.80. The first kappa shape index (κ1) is 8.31. The molecule has 0 amide bonds. The average molecular weight is 193 g/mol. The van der Waals surface area contributed by atoms with E-state index in [9.17, 15) is 0 Å². The predicted molar refractivity (Wildman–Crippen MR) is 47.0 cm³/mol. The van der Waals surface area contributed by atoms with Crippen molar-refractivity contribution >= 4 is 11.9 Å². The third-order valence-corrected chi connectivity index (χ3v) is 1.39. The number of hydrogen-bond donors (Lipinski definition) is 3. The third kappa shape index (κ3) is 1.43. The zero-order valence-electron chi connectivity index (χ0n) is 6.99. The molecule has 72 valence electrons. The van der Waals surface area contributed by atoms with Crippen molar-refractivity contribution < 1.29 is 0 Å². The molecule has 9 nitrogen and oxygen atoms in total. The van der Waals surface area contributed by atoms with Crippen molar-refractivity contribution in [2.45, 2.75) is 0 Å². The molecule has 2 heterocycles. The molecule has 0 atom stereocenters. The lowest BCUT2D eigenvalue weighted by Gasteiger charge is -2.02. The molecule has 0 bridgehead atoms. The van der Waals surface area contributed by atoms with Gasteiger partial charge in [-0.2, -0.15) is 24.7 Å². The van der Waals surface area contributed by atoms with Crippen LogP contribution < -0.4 is 17.0 Å². The summed E-state index contributed by atoms with van der Waals surface area (Å²) in [6.45, 7) is 0. The fourth-order valence-electron chi connectivity index (χ4n) is 0.859. The molecule has 0 aliphatic heterocycles. The molecule has 9 heteroatoms. The van der Waals surface area contributed by atoms with E-state index in [4.69, 9.17) is 11.6 Å². The third-order valence-electron chi connectivity index (χ3n) is 1.39. The highest BCUT2D eigenvalue weighted by Crippen LogP contribution is 2.03. The van der Waals surface area contributed by atoms with Gasteiger partial charge in [-0.05, 0) is 0 Å². The fraction of sp³-hybridized carbons (Fsp3) is 0. The van der Waals surface area contributed by atoms with Crippen LogP contribution in [-0.4, -0.2) is 29.7 Å². The number of anilines is 2. The first-order valence-corrected chi connectivity index (χ1v) is 3.63. The molecule has 0 aliphatic rings. The van der Waals surface area contributed by atoms with Gasteiger partial charge in [0.05, 0.1) is 0 Å². The van der Waals surface area contributed by atoms with Crippen LogP contribution in [-0.2, 0) is 0 Å². The highest BCUT2D eigenvalue weighted by Gasteiger charge is 2.05. The van der Waals surface area contributed by atoms with Gasteiger partial charge >= 0.3 is 0 Å². The van der Waals surface area contributed by atoms with Crippen LogP contribution in [0, 0.1) is 0 Å². The molecule has 5 N–H and O–H groups in total. The molecule has 0 fully saturated rings. The second kappa shape index (κ2) is 3.22. The molecule has 0 spiro atoms. The maximum Gasteiger partial charge on any atom is 0.258 e. The van der Waals surface area contributed by atoms with Gasteiger partial charge in [-0.1, -0.05) is 0 Å². The fourth-order valence-corrected chi connectivity index (χ4v) is 0.859. The Morgan fingerprint density at radius 3 is 2.79 bits per heavy atom. The van der Waals surface area contributed by atoms with Crippen LogP contribution >= 0.6 is 0 Å². The Balaban J connectivity index is 2.48. The van der Waals surface area contributed by atoms with E-state index in [1.54, 1.807) is 0 Å². The molecule has 2 aromatic heterocycles. The van der Waals surface area contributed by atoms with E-state index in [-0.39, 0.29) is 17.8 Å². The number of nitrogen functional groups attached to an aromatic ring is 2. The first-order chi connectivity index (χ1) is 6.79. The summed E-state index contributed by atoms with van der Waals surface area (Å²) < 4.78 is 1.35. The minimum Gasteiger partial charge on any atom is -0.368 e. The highest BCUT2D eigenvalue weighted by atomic mass is 15.4. The lowest BCUT2D eigenvalue weighted by atomic mass is 10.8. The van der Waals surface area contributed by atoms with Crippen LogP contribution in [0.4, 0.5) is 11.9 Å². The number of nitrogens with two attached hydrogens (primary N) is 2. The molecule has 0 unspecified atom stereocenters. The monoisotopic (exact) mass is 193 g/mol. The number of nitrogens with zero attached hydrogens (tertiary/aromatic N) is 6. The summed E-state index contributed by atoms with van der Waals surface area (Å²) in [4.78, 5) is 15.2. The average Bonchev–Trinajstić information content (AvgIpc) is 2.69. The van der Waals surface area contributed by atoms with E-state index in [0.717, 1.165) is 0 Å². The van der Waals surface area contributed by atoms with Gasteiger partial charge in [-0.3, -0.25) is 5.43 Å². The van der Waals surface area contributed by atoms with Crippen molar-refractivity contribution in [2.24, 2.45) is 5.84 Å². The van der Waals surface area contributed by atoms with Crippen molar-refractivity contribution in [1.29, 1.82) is 0 Å². The molecule has 0 saturated heterocycles. The van der Waals surface area contributed by atoms with Gasteiger partial charge in [0.25, 0.3) is 5.95 Å². The van der Waals surface area contributed by atoms with Crippen molar-refractivity contribution in [1.82, 2.24) is 29.7 Å². The van der Waals surface area contributed by atoms with Gasteiger partial charge in [0, 0.05) is 0 Å². The van der Waals surface area contributed by atoms with E-state index >= 15 is 0 Å². The Bertz CT molecular complexity index is 421. The number of rotatable bonds is 2. The number of aromatic nitrogens is 6. The number of nitrogens with one attached hydrogen (secondary N) is 1. The van der Waals surface area contributed by atoms with Crippen LogP contribution in [0.1, 0.15) is 0 Å². The van der Waals surface area contributed by atoms with E-state index in [2.05, 4.69) is 30.5 Å². The maximum absolute atomic E-state index is 5.42. The maximum atomic E-state index is 5.42. The standard InChI is InChI=1S/C5H7N9/c6-3-10-4(13-7)12-5(11-3)14-2-8-1-9-14/h1-2H,7H2,(H3,6,10,11,12,13). The zero-order chi connectivity index (χ0) is 9.97. The van der Waals surface area contributed by atoms with Crippen LogP contribution in [0.25, 0.3) is 5.95 Å². The normalized spacial score (nSPS) is 10.1. The van der Waals surface area contributed by atoms with Crippen LogP contribution in [0.15, 0.2) is 12.7 Å². The van der Waals surface area contributed by atoms with Gasteiger partial charge in [-0.15, -0.1) is 0 Å². The summed E-state index contributed by atoms with van der Waals surface area (Å²) in [5.41, 5.74) is 7.69. The summed E-state index contributed by atoms with van der Waals surface area (Å²) in [6, 6.07) is 0. The Morgan fingerprint density at radius 1 is 1.29 bits per heavy atom. The Morgan fingerprint density at radius 2 is 2.14 bits per heavy atom. The van der Waals surface area contributed by atoms with Crippen molar-refractivity contribution in [3.05, 3.63) is 12.7 Å². The van der Waals surface area contributed by atoms with E-state index in [0.29, 0.717) is 0 Å². The molecule has 0 aliphatic carbocycles. The number of hydrazine groups is 1. The molecular weight excluding hydrogens is 186 g/mol. The van der Waals surface area contributed by atoms with E-state index < -0.39 is 0 Å². The Kier molecular flexibility index (Phi) is 1.91. The molecule has 2 aromatic rings. The van der Waals surface area contributed by atoms with Gasteiger partial charge in [0.2, 0.25) is 11.9 Å². The van der Waals surface area contributed by atoms with Crippen molar-refractivity contribution in [2.75, 3.05) is 11.2 Å². The molecular formula is C5H7N9. The summed E-state index contributed by atoms with van der Waals surface area (Å²) >= 11 is 0. The Labute approximate surface area is 78.2 Å². The van der Waals surface area contributed by atoms with E-state index in [1.807, 2.05) is 0 Å². The molecule has 0 saturated carbocycles. The summed E-state index contributed by atoms with van der Waals surface area (Å²) in [5, 5.41) is 3.83. The van der Waals surface area contributed by atoms with Crippen molar-refractivity contribution in [3.8, 4) is 5.95 Å². The lowest BCUT2D eigenvalue weighted by molar-refractivity contribution is 0.798. The van der Waals surface area contributed by atoms with Crippen LogP contribution in [0.2, 0.25) is 0 Å². The van der Waals surface area contributed by atoms with Crippen molar-refractivity contribution in [3.63, 3.8) is 0 Å². The minimum absolute atomic E-state index is 0.0541. The topological polar surface area (TPSA) is 133 Å². The number of hydrogen-bond acceptors (Lipinski definition) is 8. The summed E-state index contributed by atoms with van der Waals surface area (Å²) in [5.74, 6) is 5.61. The minimum atomic E-state index is 0.0541. The quantitative estimate of drug-likeness (QED) is 0.380. The SMILES string of the molecule is NNc1nc(N)nc(-n2cncn2)n1. The predicted octanol–water partition coefficient (Wildman–Crippen LogP) is -1.68. The molecule has 2 rings (SSSR count). The lowest BCUT2D eigenvalue weighted by Crippen LogP contribution is -2.15. The smallest absolute Gasteiger partial charge is 0.258 e. The molecule has 14 heavy (non-hydrogen) atoms. The van der Waals surface area contributed by atoms with Gasteiger partial charge in [0.1, 0.15) is 12.7 Å². The second-order valence-electron chi connectivity index (χ2n) is 2.30. The Hall–Kier alpha value is -2.29. The van der Waals surface area contributed by atoms with Gasteiger partial charge < -0.3 is 5.73 Å². The van der Waals surface area contributed by atoms with Gasteiger partial charge in [0.15, 0.2) is 0 Å². The second-order valence-corrected chi connectivity index (χ2v) is 2.30.